The van der Waals surface area contributed by atoms with Gasteiger partial charge in [-0.05, 0) is 49.9 Å². The number of benzene rings is 2. The van der Waals surface area contributed by atoms with E-state index in [1.165, 1.54) is 18.2 Å². The molecular weight excluding hydrogens is 582 g/mol. The maximum Gasteiger partial charge on any atom is 0.355 e. The Labute approximate surface area is 244 Å². The van der Waals surface area contributed by atoms with Crippen LogP contribution in [0.2, 0.25) is 0 Å². The summed E-state index contributed by atoms with van der Waals surface area (Å²) in [4.78, 5) is 30.2. The molecule has 15 heteroatoms. The van der Waals surface area contributed by atoms with Gasteiger partial charge in [-0.15, -0.1) is 9.19 Å². The van der Waals surface area contributed by atoms with Crippen molar-refractivity contribution in [2.75, 3.05) is 31.6 Å². The summed E-state index contributed by atoms with van der Waals surface area (Å²) in [7, 11) is -1.94. The number of pyridine rings is 1. The number of aromatic nitrogens is 6. The number of hydrogen-bond acceptors (Lipinski definition) is 10. The Morgan fingerprint density at radius 1 is 1.05 bits per heavy atom. The Bertz CT molecular complexity index is 2000. The summed E-state index contributed by atoms with van der Waals surface area (Å²) in [5, 5.41) is 14.3. The Morgan fingerprint density at radius 3 is 2.56 bits per heavy atom. The summed E-state index contributed by atoms with van der Waals surface area (Å²) in [5.41, 5.74) is -1.23. The van der Waals surface area contributed by atoms with Crippen LogP contribution in [-0.4, -0.2) is 79.9 Å². The minimum atomic E-state index is -3.92. The number of halogens is 2. The fraction of sp³-hybridized carbons (Fsp3) is 0.250. The van der Waals surface area contributed by atoms with Crippen LogP contribution in [0.25, 0.3) is 28.0 Å². The zero-order valence-corrected chi connectivity index (χ0v) is 23.9. The molecule has 1 aliphatic heterocycles. The lowest BCUT2D eigenvalue weighted by Crippen LogP contribution is -2.51. The molecule has 1 saturated heterocycles. The van der Waals surface area contributed by atoms with Gasteiger partial charge in [0.1, 0.15) is 35.7 Å². The lowest BCUT2D eigenvalue weighted by molar-refractivity contribution is 0.275. The number of nitrogens with zero attached hydrogens (tertiary/aromatic N) is 8. The standard InChI is InChI=1S/C28H26F2N8O4S/c1-17-13-35(2)9-10-36(17)26-20-12-22(30)25(24-21(29)7-4-8-23(24)39)33-27(20)38(28(40)34-26)19-6-3-5-18(11-19)14-43(41,42)37-16-31-15-32-37/h3-8,11-12,15-17,39H,9-10,13-14H2,1-2H3/t17-/m1/s1. The molecule has 1 fully saturated rings. The minimum absolute atomic E-state index is 0.0449. The number of likely N-dealkylation sites (N-methyl/N-ethyl adjacent to an activating group) is 1. The van der Waals surface area contributed by atoms with Crippen LogP contribution in [0.3, 0.4) is 0 Å². The van der Waals surface area contributed by atoms with Crippen LogP contribution in [0.15, 0.2) is 66.0 Å². The number of phenols is 1. The van der Waals surface area contributed by atoms with Crippen molar-refractivity contribution in [2.45, 2.75) is 18.7 Å². The number of hydrogen-bond donors (Lipinski definition) is 1. The summed E-state index contributed by atoms with van der Waals surface area (Å²) in [6.45, 7) is 3.82. The Hall–Kier alpha value is -4.76. The highest BCUT2D eigenvalue weighted by atomic mass is 32.2. The van der Waals surface area contributed by atoms with E-state index in [0.717, 1.165) is 33.4 Å². The molecule has 222 valence electrons. The van der Waals surface area contributed by atoms with E-state index in [4.69, 9.17) is 0 Å². The molecule has 0 unspecified atom stereocenters. The number of piperazine rings is 1. The van der Waals surface area contributed by atoms with Crippen LogP contribution >= 0.6 is 0 Å². The van der Waals surface area contributed by atoms with Crippen LogP contribution < -0.4 is 10.6 Å². The maximum absolute atomic E-state index is 15.7. The Balaban J connectivity index is 1.58. The molecule has 1 aliphatic rings. The van der Waals surface area contributed by atoms with Crippen molar-refractivity contribution in [1.29, 1.82) is 0 Å². The van der Waals surface area contributed by atoms with Gasteiger partial charge >= 0.3 is 5.69 Å². The van der Waals surface area contributed by atoms with Crippen molar-refractivity contribution in [2.24, 2.45) is 0 Å². The van der Waals surface area contributed by atoms with Crippen LogP contribution in [-0.2, 0) is 15.8 Å². The van der Waals surface area contributed by atoms with Gasteiger partial charge < -0.3 is 14.9 Å². The number of anilines is 1. The third-order valence-electron chi connectivity index (χ3n) is 7.33. The van der Waals surface area contributed by atoms with Crippen molar-refractivity contribution in [1.82, 2.24) is 33.6 Å². The van der Waals surface area contributed by atoms with Crippen LogP contribution in [0, 0.1) is 11.6 Å². The van der Waals surface area contributed by atoms with E-state index in [1.54, 1.807) is 18.2 Å². The molecule has 1 N–H and O–H groups in total. The van der Waals surface area contributed by atoms with Gasteiger partial charge in [0.15, 0.2) is 11.5 Å². The van der Waals surface area contributed by atoms with Crippen molar-refractivity contribution >= 4 is 26.9 Å². The first-order valence-electron chi connectivity index (χ1n) is 13.3. The van der Waals surface area contributed by atoms with E-state index in [2.05, 4.69) is 25.0 Å². The molecule has 5 aromatic rings. The molecule has 0 bridgehead atoms. The summed E-state index contributed by atoms with van der Waals surface area (Å²) >= 11 is 0. The average Bonchev–Trinajstić information content (AvgIpc) is 3.50. The minimum Gasteiger partial charge on any atom is -0.507 e. The molecule has 0 spiro atoms. The molecule has 0 saturated carbocycles. The molecule has 3 aromatic heterocycles. The van der Waals surface area contributed by atoms with Crippen LogP contribution in [0.5, 0.6) is 5.75 Å². The number of phenolic OH excluding ortho intramolecular Hbond substituents is 1. The molecule has 2 aromatic carbocycles. The molecule has 43 heavy (non-hydrogen) atoms. The summed E-state index contributed by atoms with van der Waals surface area (Å²) in [5.74, 6) is -2.59. The first-order chi connectivity index (χ1) is 20.5. The second-order valence-electron chi connectivity index (χ2n) is 10.4. The SMILES string of the molecule is C[C@@H]1CN(C)CCN1c1nc(=O)n(-c2cccc(CS(=O)(=O)n3cncn3)c2)c2nc(-c3c(O)cccc3F)c(F)cc12. The molecule has 0 amide bonds. The molecular formula is C28H26F2N8O4S. The topological polar surface area (TPSA) is 139 Å². The van der Waals surface area contributed by atoms with Crippen molar-refractivity contribution in [3.05, 3.63) is 88.9 Å². The monoisotopic (exact) mass is 608 g/mol. The highest BCUT2D eigenvalue weighted by molar-refractivity contribution is 7.89. The summed E-state index contributed by atoms with van der Waals surface area (Å²) in [6, 6.07) is 10.8. The zero-order valence-electron chi connectivity index (χ0n) is 23.1. The fourth-order valence-corrected chi connectivity index (χ4v) is 6.45. The lowest BCUT2D eigenvalue weighted by atomic mass is 10.1. The summed E-state index contributed by atoms with van der Waals surface area (Å²) < 4.78 is 58.1. The predicted molar refractivity (Wildman–Crippen MR) is 155 cm³/mol. The zero-order chi connectivity index (χ0) is 30.5. The quantitative estimate of drug-likeness (QED) is 0.306. The van der Waals surface area contributed by atoms with Gasteiger partial charge in [0.2, 0.25) is 0 Å². The highest BCUT2D eigenvalue weighted by Gasteiger charge is 2.28. The van der Waals surface area contributed by atoms with Crippen molar-refractivity contribution in [3.63, 3.8) is 0 Å². The van der Waals surface area contributed by atoms with Gasteiger partial charge in [-0.1, -0.05) is 18.2 Å². The van der Waals surface area contributed by atoms with E-state index in [1.807, 2.05) is 18.9 Å². The van der Waals surface area contributed by atoms with Crippen molar-refractivity contribution in [3.8, 4) is 22.7 Å². The molecule has 1 atom stereocenters. The van der Waals surface area contributed by atoms with Crippen LogP contribution in [0.4, 0.5) is 14.6 Å². The first kappa shape index (κ1) is 28.4. The number of fused-ring (bicyclic) bond motifs is 1. The smallest absolute Gasteiger partial charge is 0.355 e. The third kappa shape index (κ3) is 5.21. The maximum atomic E-state index is 15.7. The van der Waals surface area contributed by atoms with Gasteiger partial charge in [0.05, 0.1) is 22.4 Å². The predicted octanol–water partition coefficient (Wildman–Crippen LogP) is 2.54. The molecule has 4 heterocycles. The Kier molecular flexibility index (Phi) is 7.14. The molecule has 0 aliphatic carbocycles. The van der Waals surface area contributed by atoms with E-state index in [9.17, 15) is 22.7 Å². The first-order valence-corrected chi connectivity index (χ1v) is 14.9. The fourth-order valence-electron chi connectivity index (χ4n) is 5.34. The van der Waals surface area contributed by atoms with Crippen LogP contribution in [0.1, 0.15) is 12.5 Å². The number of aromatic hydroxyl groups is 1. The van der Waals surface area contributed by atoms with Gasteiger partial charge in [0, 0.05) is 25.7 Å². The highest BCUT2D eigenvalue weighted by Crippen LogP contribution is 2.36. The average molecular weight is 609 g/mol. The van der Waals surface area contributed by atoms with Gasteiger partial charge in [-0.25, -0.2) is 36.5 Å². The lowest BCUT2D eigenvalue weighted by Gasteiger charge is -2.39. The van der Waals surface area contributed by atoms with Gasteiger partial charge in [-0.3, -0.25) is 0 Å². The van der Waals surface area contributed by atoms with E-state index < -0.39 is 50.1 Å². The molecule has 12 nitrogen and oxygen atoms in total. The third-order valence-corrected chi connectivity index (χ3v) is 8.79. The van der Waals surface area contributed by atoms with Gasteiger partial charge in [-0.2, -0.15) is 4.98 Å². The summed E-state index contributed by atoms with van der Waals surface area (Å²) in [6.07, 6.45) is 2.17. The van der Waals surface area contributed by atoms with E-state index in [0.29, 0.717) is 25.2 Å². The van der Waals surface area contributed by atoms with Gasteiger partial charge in [0.25, 0.3) is 10.0 Å². The Morgan fingerprint density at radius 2 is 1.84 bits per heavy atom. The second-order valence-corrected chi connectivity index (χ2v) is 12.2. The van der Waals surface area contributed by atoms with E-state index in [-0.39, 0.29) is 28.6 Å². The second kappa shape index (κ2) is 10.8. The largest absolute Gasteiger partial charge is 0.507 e. The molecule has 6 rings (SSSR count). The molecule has 0 radical (unpaired) electrons. The number of rotatable bonds is 6. The normalized spacial score (nSPS) is 16.2. The van der Waals surface area contributed by atoms with Crippen molar-refractivity contribution < 1.29 is 22.3 Å². The van der Waals surface area contributed by atoms with E-state index >= 15 is 4.39 Å².